The monoisotopic (exact) mass is 746 g/mol. The quantitative estimate of drug-likeness (QED) is 0.0602. The number of carboxylic acids is 1. The summed E-state index contributed by atoms with van der Waals surface area (Å²) in [7, 11) is 0. The number of benzene rings is 1. The molecule has 0 bridgehead atoms. The molecule has 0 unspecified atom stereocenters. The van der Waals surface area contributed by atoms with E-state index in [0.717, 1.165) is 101 Å². The molecule has 0 spiro atoms. The second kappa shape index (κ2) is 22.7. The molecule has 4 rings (SSSR count). The Kier molecular flexibility index (Phi) is 17.8. The van der Waals surface area contributed by atoms with Crippen LogP contribution in [0.2, 0.25) is 0 Å². The number of aromatic nitrogens is 2. The van der Waals surface area contributed by atoms with Crippen molar-refractivity contribution in [2.75, 3.05) is 19.6 Å². The number of unbranched alkanes of at least 4 members (excludes halogenated alkanes) is 11. The molecule has 1 saturated heterocycles. The minimum atomic E-state index is -0.781. The normalized spacial score (nSPS) is 13.7. The van der Waals surface area contributed by atoms with E-state index in [-0.39, 0.29) is 36.8 Å². The van der Waals surface area contributed by atoms with Gasteiger partial charge in [0.25, 0.3) is 11.5 Å². The SMILES string of the molecule is C[C@@H](O)CNC(=O)c1c(CCCCCCCC/C=C\CCCCCCCC(=O)O)c2ncc(Cc3ccc(F)cc3)cc2n(CCN2CCCC2=O)c1=O. The van der Waals surface area contributed by atoms with Crippen LogP contribution in [0.1, 0.15) is 137 Å². The Bertz CT molecular complexity index is 1750. The molecule has 0 aliphatic carbocycles. The number of carboxylic acid groups (broad SMARTS) is 1. The first-order valence-corrected chi connectivity index (χ1v) is 20.0. The van der Waals surface area contributed by atoms with Gasteiger partial charge < -0.3 is 25.0 Å². The van der Waals surface area contributed by atoms with Crippen LogP contribution in [-0.2, 0) is 29.0 Å². The maximum absolute atomic E-state index is 14.3. The minimum Gasteiger partial charge on any atom is -0.481 e. The lowest BCUT2D eigenvalue weighted by molar-refractivity contribution is -0.137. The number of pyridine rings is 2. The van der Waals surface area contributed by atoms with E-state index in [1.165, 1.54) is 12.1 Å². The molecule has 1 aliphatic heterocycles. The van der Waals surface area contributed by atoms with Crippen molar-refractivity contribution < 1.29 is 29.0 Å². The highest BCUT2D eigenvalue weighted by molar-refractivity contribution is 5.99. The number of hydrogen-bond acceptors (Lipinski definition) is 6. The standard InChI is InChI=1S/C43H59FN4O6/c1-32(49)30-46-42(53)40-36(18-15-13-11-9-7-5-3-2-4-6-8-10-12-14-16-20-39(51)52)41-37(48(43(40)54)27-26-47-25-17-19-38(47)50)29-34(31-45-41)28-33-21-23-35(44)24-22-33/h2,4,21-24,29,31-32,49H,3,5-20,25-28,30H2,1H3,(H,46,53)(H,51,52)/b4-2-/t32-/m1/s1. The molecule has 3 heterocycles. The average molecular weight is 747 g/mol. The Morgan fingerprint density at radius 1 is 0.907 bits per heavy atom. The smallest absolute Gasteiger partial charge is 0.303 e. The van der Waals surface area contributed by atoms with Crippen molar-refractivity contribution in [1.29, 1.82) is 0 Å². The molecular formula is C43H59FN4O6. The number of likely N-dealkylation sites (tertiary alicyclic amines) is 1. The van der Waals surface area contributed by atoms with E-state index in [9.17, 15) is 28.7 Å². The average Bonchev–Trinajstić information content (AvgIpc) is 3.56. The van der Waals surface area contributed by atoms with Gasteiger partial charge in [0, 0.05) is 45.2 Å². The zero-order valence-corrected chi connectivity index (χ0v) is 32.0. The molecule has 11 heteroatoms. The lowest BCUT2D eigenvalue weighted by atomic mass is 9.97. The predicted molar refractivity (Wildman–Crippen MR) is 210 cm³/mol. The van der Waals surface area contributed by atoms with Crippen molar-refractivity contribution in [1.82, 2.24) is 19.8 Å². The molecular weight excluding hydrogens is 687 g/mol. The van der Waals surface area contributed by atoms with Gasteiger partial charge >= 0.3 is 5.97 Å². The van der Waals surface area contributed by atoms with Gasteiger partial charge in [-0.15, -0.1) is 0 Å². The number of hydrogen-bond donors (Lipinski definition) is 3. The number of aliphatic carboxylic acids is 1. The molecule has 0 saturated carbocycles. The molecule has 10 nitrogen and oxygen atoms in total. The number of carbonyl (C=O) groups excluding carboxylic acids is 2. The number of nitrogens with zero attached hydrogens (tertiary/aromatic N) is 3. The number of amides is 2. The third-order valence-corrected chi connectivity index (χ3v) is 10.1. The van der Waals surface area contributed by atoms with E-state index in [1.54, 1.807) is 34.7 Å². The van der Waals surface area contributed by atoms with Gasteiger partial charge in [-0.05, 0) is 99.6 Å². The molecule has 3 N–H and O–H groups in total. The van der Waals surface area contributed by atoms with Crippen LogP contribution in [0.5, 0.6) is 0 Å². The molecule has 1 fully saturated rings. The molecule has 54 heavy (non-hydrogen) atoms. The summed E-state index contributed by atoms with van der Waals surface area (Å²) < 4.78 is 15.2. The van der Waals surface area contributed by atoms with Gasteiger partial charge in [0.1, 0.15) is 11.4 Å². The van der Waals surface area contributed by atoms with E-state index in [0.29, 0.717) is 48.9 Å². The Hall–Kier alpha value is -4.38. The van der Waals surface area contributed by atoms with Crippen molar-refractivity contribution in [2.45, 2.75) is 135 Å². The summed E-state index contributed by atoms with van der Waals surface area (Å²) in [5, 5.41) is 21.3. The molecule has 1 aliphatic rings. The third kappa shape index (κ3) is 13.8. The third-order valence-electron chi connectivity index (χ3n) is 10.1. The Labute approximate surface area is 318 Å². The van der Waals surface area contributed by atoms with Gasteiger partial charge in [0.05, 0.1) is 17.1 Å². The molecule has 1 aromatic carbocycles. The minimum absolute atomic E-state index is 0.00738. The van der Waals surface area contributed by atoms with E-state index in [1.807, 2.05) is 6.07 Å². The lowest BCUT2D eigenvalue weighted by Crippen LogP contribution is -2.39. The Balaban J connectivity index is 1.41. The lowest BCUT2D eigenvalue weighted by Gasteiger charge is -2.21. The second-order valence-corrected chi connectivity index (χ2v) is 14.7. The zero-order valence-electron chi connectivity index (χ0n) is 32.0. The maximum Gasteiger partial charge on any atom is 0.303 e. The fourth-order valence-corrected chi connectivity index (χ4v) is 7.12. The van der Waals surface area contributed by atoms with Crippen molar-refractivity contribution in [3.63, 3.8) is 0 Å². The van der Waals surface area contributed by atoms with E-state index >= 15 is 0 Å². The van der Waals surface area contributed by atoms with Crippen LogP contribution in [-0.4, -0.2) is 68.2 Å². The summed E-state index contributed by atoms with van der Waals surface area (Å²) in [4.78, 5) is 57.6. The molecule has 2 amide bonds. The molecule has 3 aromatic rings. The Morgan fingerprint density at radius 2 is 1.56 bits per heavy atom. The highest BCUT2D eigenvalue weighted by Gasteiger charge is 2.25. The maximum atomic E-state index is 14.3. The number of allylic oxidation sites excluding steroid dienone is 2. The number of aliphatic hydroxyl groups is 1. The number of fused-ring (bicyclic) bond motifs is 1. The topological polar surface area (TPSA) is 142 Å². The predicted octanol–water partition coefficient (Wildman–Crippen LogP) is 7.50. The summed E-state index contributed by atoms with van der Waals surface area (Å²) >= 11 is 0. The summed E-state index contributed by atoms with van der Waals surface area (Å²) in [6.07, 6.45) is 21.4. The van der Waals surface area contributed by atoms with Crippen LogP contribution in [0.25, 0.3) is 11.0 Å². The van der Waals surface area contributed by atoms with Gasteiger partial charge in [0.15, 0.2) is 0 Å². The number of nitrogens with one attached hydrogen (secondary N) is 1. The van der Waals surface area contributed by atoms with Gasteiger partial charge in [0.2, 0.25) is 5.91 Å². The number of carbonyl (C=O) groups is 3. The van der Waals surface area contributed by atoms with E-state index in [4.69, 9.17) is 10.1 Å². The fourth-order valence-electron chi connectivity index (χ4n) is 7.12. The van der Waals surface area contributed by atoms with Gasteiger partial charge in [-0.2, -0.15) is 0 Å². The first-order chi connectivity index (χ1) is 26.1. The number of rotatable bonds is 25. The largest absolute Gasteiger partial charge is 0.481 e. The van der Waals surface area contributed by atoms with E-state index in [2.05, 4.69) is 17.5 Å². The van der Waals surface area contributed by atoms with Crippen LogP contribution in [0.4, 0.5) is 4.39 Å². The van der Waals surface area contributed by atoms with Crippen molar-refractivity contribution >= 4 is 28.8 Å². The van der Waals surface area contributed by atoms with Gasteiger partial charge in [-0.3, -0.25) is 24.2 Å². The molecule has 2 aromatic heterocycles. The van der Waals surface area contributed by atoms with Gasteiger partial charge in [-0.25, -0.2) is 4.39 Å². The van der Waals surface area contributed by atoms with Crippen LogP contribution < -0.4 is 10.9 Å². The number of halogens is 1. The van der Waals surface area contributed by atoms with Crippen LogP contribution in [0, 0.1) is 5.82 Å². The molecule has 1 atom stereocenters. The second-order valence-electron chi connectivity index (χ2n) is 14.7. The first kappa shape index (κ1) is 42.4. The number of aryl methyl sites for hydroxylation is 1. The van der Waals surface area contributed by atoms with Crippen molar-refractivity contribution in [3.8, 4) is 0 Å². The highest BCUT2D eigenvalue weighted by Crippen LogP contribution is 2.24. The van der Waals surface area contributed by atoms with Gasteiger partial charge in [-0.1, -0.05) is 69.2 Å². The fraction of sp³-hybridized carbons (Fsp3) is 0.558. The number of aliphatic hydroxyl groups excluding tert-OH is 1. The summed E-state index contributed by atoms with van der Waals surface area (Å²) in [6.45, 7) is 2.77. The summed E-state index contributed by atoms with van der Waals surface area (Å²) in [6, 6.07) is 8.22. The Morgan fingerprint density at radius 3 is 2.19 bits per heavy atom. The van der Waals surface area contributed by atoms with Crippen LogP contribution >= 0.6 is 0 Å². The van der Waals surface area contributed by atoms with Crippen LogP contribution in [0.3, 0.4) is 0 Å². The molecule has 294 valence electrons. The summed E-state index contributed by atoms with van der Waals surface area (Å²) in [5.41, 5.74) is 3.14. The first-order valence-electron chi connectivity index (χ1n) is 20.0. The molecule has 0 radical (unpaired) electrons. The zero-order chi connectivity index (χ0) is 38.7. The summed E-state index contributed by atoms with van der Waals surface area (Å²) in [5.74, 6) is -1.51. The van der Waals surface area contributed by atoms with E-state index < -0.39 is 23.5 Å². The van der Waals surface area contributed by atoms with Crippen molar-refractivity contribution in [2.24, 2.45) is 0 Å². The van der Waals surface area contributed by atoms with Crippen molar-refractivity contribution in [3.05, 3.63) is 87.1 Å². The highest BCUT2D eigenvalue weighted by atomic mass is 19.1. The van der Waals surface area contributed by atoms with Crippen LogP contribution in [0.15, 0.2) is 53.5 Å².